The third kappa shape index (κ3) is 1.70. The van der Waals surface area contributed by atoms with E-state index in [4.69, 9.17) is 4.74 Å². The van der Waals surface area contributed by atoms with Gasteiger partial charge in [-0.2, -0.15) is 0 Å². The molecule has 2 rings (SSSR count). The van der Waals surface area contributed by atoms with Crippen LogP contribution in [0, 0.1) is 0 Å². The highest BCUT2D eigenvalue weighted by Gasteiger charge is 2.17. The molecule has 4 nitrogen and oxygen atoms in total. The molecular formula is C11H11NO3. The Morgan fingerprint density at radius 3 is 2.87 bits per heavy atom. The molecule has 0 amide bonds. The molecule has 1 aliphatic heterocycles. The first kappa shape index (κ1) is 9.71. The van der Waals surface area contributed by atoms with Gasteiger partial charge in [0.15, 0.2) is 5.90 Å². The monoisotopic (exact) mass is 205 g/mol. The molecule has 0 saturated carbocycles. The SMILES string of the molecule is COC(=O)c1ccc2c(c1)N=C(OC)C2. The summed E-state index contributed by atoms with van der Waals surface area (Å²) in [6.45, 7) is 0. The van der Waals surface area contributed by atoms with E-state index >= 15 is 0 Å². The lowest BCUT2D eigenvalue weighted by atomic mass is 10.1. The number of benzene rings is 1. The number of methoxy groups -OCH3 is 2. The second kappa shape index (κ2) is 3.73. The fourth-order valence-electron chi connectivity index (χ4n) is 1.52. The number of carbonyl (C=O) groups excluding carboxylic acids is 1. The van der Waals surface area contributed by atoms with E-state index in [0.29, 0.717) is 17.9 Å². The smallest absolute Gasteiger partial charge is 0.337 e. The maximum Gasteiger partial charge on any atom is 0.337 e. The van der Waals surface area contributed by atoms with Crippen molar-refractivity contribution < 1.29 is 14.3 Å². The van der Waals surface area contributed by atoms with Gasteiger partial charge >= 0.3 is 5.97 Å². The molecule has 78 valence electrons. The normalized spacial score (nSPS) is 13.1. The summed E-state index contributed by atoms with van der Waals surface area (Å²) >= 11 is 0. The number of nitrogens with zero attached hydrogens (tertiary/aromatic N) is 1. The molecule has 0 spiro atoms. The summed E-state index contributed by atoms with van der Waals surface area (Å²) in [6.07, 6.45) is 0.688. The van der Waals surface area contributed by atoms with Crippen LogP contribution in [0.15, 0.2) is 23.2 Å². The number of fused-ring (bicyclic) bond motifs is 1. The summed E-state index contributed by atoms with van der Waals surface area (Å²) in [7, 11) is 2.95. The fraction of sp³-hybridized carbons (Fsp3) is 0.273. The summed E-state index contributed by atoms with van der Waals surface area (Å²) in [6, 6.07) is 5.32. The molecule has 0 atom stereocenters. The van der Waals surface area contributed by atoms with Crippen LogP contribution >= 0.6 is 0 Å². The maximum atomic E-state index is 11.3. The number of hydrogen-bond donors (Lipinski definition) is 0. The Morgan fingerprint density at radius 2 is 2.20 bits per heavy atom. The van der Waals surface area contributed by atoms with Gasteiger partial charge in [-0.25, -0.2) is 9.79 Å². The van der Waals surface area contributed by atoms with E-state index < -0.39 is 0 Å². The van der Waals surface area contributed by atoms with Crippen LogP contribution < -0.4 is 0 Å². The van der Waals surface area contributed by atoms with Crippen molar-refractivity contribution in [1.82, 2.24) is 0 Å². The molecule has 1 heterocycles. The zero-order valence-corrected chi connectivity index (χ0v) is 8.61. The van der Waals surface area contributed by atoms with Gasteiger partial charge in [0, 0.05) is 0 Å². The van der Waals surface area contributed by atoms with E-state index in [2.05, 4.69) is 9.73 Å². The van der Waals surface area contributed by atoms with Crippen molar-refractivity contribution in [3.63, 3.8) is 0 Å². The molecule has 1 aromatic carbocycles. The van der Waals surface area contributed by atoms with E-state index in [1.54, 1.807) is 19.2 Å². The number of esters is 1. The van der Waals surface area contributed by atoms with Crippen molar-refractivity contribution in [3.05, 3.63) is 29.3 Å². The minimum absolute atomic E-state index is 0.348. The van der Waals surface area contributed by atoms with Crippen molar-refractivity contribution in [2.45, 2.75) is 6.42 Å². The van der Waals surface area contributed by atoms with Gasteiger partial charge in [-0.3, -0.25) is 0 Å². The Bertz CT molecular complexity index is 437. The van der Waals surface area contributed by atoms with E-state index in [0.717, 1.165) is 11.3 Å². The summed E-state index contributed by atoms with van der Waals surface area (Å²) in [5, 5.41) is 0. The lowest BCUT2D eigenvalue weighted by Crippen LogP contribution is -2.01. The predicted octanol–water partition coefficient (Wildman–Crippen LogP) is 1.71. The van der Waals surface area contributed by atoms with Gasteiger partial charge in [-0.05, 0) is 17.7 Å². The van der Waals surface area contributed by atoms with Gasteiger partial charge in [0.05, 0.1) is 31.9 Å². The van der Waals surface area contributed by atoms with E-state index in [1.165, 1.54) is 7.11 Å². The Labute approximate surface area is 87.5 Å². The molecule has 1 aliphatic rings. The van der Waals surface area contributed by atoms with Crippen LogP contribution in [0.5, 0.6) is 0 Å². The zero-order chi connectivity index (χ0) is 10.8. The third-order valence-corrected chi connectivity index (χ3v) is 2.33. The van der Waals surface area contributed by atoms with Crippen molar-refractivity contribution >= 4 is 17.6 Å². The van der Waals surface area contributed by atoms with E-state index in [9.17, 15) is 4.79 Å². The molecule has 0 unspecified atom stereocenters. The standard InChI is InChI=1S/C11H11NO3/c1-14-10-6-7-3-4-8(11(13)15-2)5-9(7)12-10/h3-5H,6H2,1-2H3. The van der Waals surface area contributed by atoms with Crippen molar-refractivity contribution in [2.24, 2.45) is 4.99 Å². The molecule has 15 heavy (non-hydrogen) atoms. The Morgan fingerprint density at radius 1 is 1.40 bits per heavy atom. The summed E-state index contributed by atoms with van der Waals surface area (Å²) in [4.78, 5) is 15.5. The average Bonchev–Trinajstić information content (AvgIpc) is 2.69. The van der Waals surface area contributed by atoms with Crippen LogP contribution in [0.25, 0.3) is 0 Å². The second-order valence-corrected chi connectivity index (χ2v) is 3.22. The summed E-state index contributed by atoms with van der Waals surface area (Å²) < 4.78 is 9.68. The number of aliphatic imine (C=N–C) groups is 1. The Balaban J connectivity index is 2.35. The minimum atomic E-state index is -0.348. The number of ether oxygens (including phenoxy) is 2. The molecule has 0 N–H and O–H groups in total. The van der Waals surface area contributed by atoms with E-state index in [1.807, 2.05) is 6.07 Å². The first-order valence-corrected chi connectivity index (χ1v) is 4.57. The topological polar surface area (TPSA) is 47.9 Å². The predicted molar refractivity (Wildman–Crippen MR) is 55.6 cm³/mol. The van der Waals surface area contributed by atoms with Crippen molar-refractivity contribution in [1.29, 1.82) is 0 Å². The van der Waals surface area contributed by atoms with E-state index in [-0.39, 0.29) is 5.97 Å². The molecule has 0 radical (unpaired) electrons. The molecule has 0 bridgehead atoms. The lowest BCUT2D eigenvalue weighted by molar-refractivity contribution is 0.0601. The van der Waals surface area contributed by atoms with Gasteiger partial charge in [-0.1, -0.05) is 6.07 Å². The van der Waals surface area contributed by atoms with Crippen LogP contribution in [0.1, 0.15) is 15.9 Å². The largest absolute Gasteiger partial charge is 0.484 e. The second-order valence-electron chi connectivity index (χ2n) is 3.22. The number of carbonyl (C=O) groups is 1. The summed E-state index contributed by atoms with van der Waals surface area (Å²) in [5.74, 6) is 0.325. The quantitative estimate of drug-likeness (QED) is 0.655. The van der Waals surface area contributed by atoms with Gasteiger partial charge < -0.3 is 9.47 Å². The summed E-state index contributed by atoms with van der Waals surface area (Å²) in [5.41, 5.74) is 2.37. The highest BCUT2D eigenvalue weighted by atomic mass is 16.5. The number of hydrogen-bond acceptors (Lipinski definition) is 4. The molecule has 0 aromatic heterocycles. The Kier molecular flexibility index (Phi) is 2.41. The van der Waals surface area contributed by atoms with Gasteiger partial charge in [-0.15, -0.1) is 0 Å². The van der Waals surface area contributed by atoms with Crippen LogP contribution in [0.4, 0.5) is 5.69 Å². The third-order valence-electron chi connectivity index (χ3n) is 2.33. The highest BCUT2D eigenvalue weighted by Crippen LogP contribution is 2.28. The minimum Gasteiger partial charge on any atom is -0.484 e. The molecule has 0 saturated heterocycles. The molecule has 0 aliphatic carbocycles. The van der Waals surface area contributed by atoms with Gasteiger partial charge in [0.2, 0.25) is 0 Å². The number of rotatable bonds is 1. The zero-order valence-electron chi connectivity index (χ0n) is 8.61. The molecule has 4 heteroatoms. The highest BCUT2D eigenvalue weighted by molar-refractivity contribution is 5.93. The van der Waals surface area contributed by atoms with Crippen molar-refractivity contribution in [3.8, 4) is 0 Å². The first-order chi connectivity index (χ1) is 7.24. The van der Waals surface area contributed by atoms with Crippen LogP contribution in [0.2, 0.25) is 0 Å². The van der Waals surface area contributed by atoms with Gasteiger partial charge in [0.25, 0.3) is 0 Å². The molecule has 1 aromatic rings. The first-order valence-electron chi connectivity index (χ1n) is 4.57. The van der Waals surface area contributed by atoms with Crippen LogP contribution in [0.3, 0.4) is 0 Å². The molecule has 0 fully saturated rings. The van der Waals surface area contributed by atoms with Gasteiger partial charge in [0.1, 0.15) is 0 Å². The average molecular weight is 205 g/mol. The van der Waals surface area contributed by atoms with Crippen LogP contribution in [-0.4, -0.2) is 26.1 Å². The Hall–Kier alpha value is -1.84. The fourth-order valence-corrected chi connectivity index (χ4v) is 1.52. The maximum absolute atomic E-state index is 11.3. The van der Waals surface area contributed by atoms with Crippen molar-refractivity contribution in [2.75, 3.05) is 14.2 Å². The molecular weight excluding hydrogens is 194 g/mol. The van der Waals surface area contributed by atoms with Crippen LogP contribution in [-0.2, 0) is 15.9 Å². The lowest BCUT2D eigenvalue weighted by Gasteiger charge is -2.00.